The van der Waals surface area contributed by atoms with Crippen LogP contribution in [-0.4, -0.2) is 35.6 Å². The molecular weight excluding hydrogens is 466 g/mol. The number of ether oxygens (including phenoxy) is 3. The van der Waals surface area contributed by atoms with Crippen LogP contribution < -0.4 is 19.5 Å². The molecule has 0 aliphatic carbocycles. The van der Waals surface area contributed by atoms with Crippen LogP contribution in [-0.2, 0) is 13.2 Å². The minimum absolute atomic E-state index is 0.127. The van der Waals surface area contributed by atoms with Crippen molar-refractivity contribution in [3.8, 4) is 17.5 Å². The Labute approximate surface area is 216 Å². The molecule has 1 fully saturated rings. The summed E-state index contributed by atoms with van der Waals surface area (Å²) in [6.45, 7) is 2.52. The van der Waals surface area contributed by atoms with Gasteiger partial charge in [0, 0.05) is 25.7 Å². The van der Waals surface area contributed by atoms with Gasteiger partial charge in [0.2, 0.25) is 5.88 Å². The highest BCUT2D eigenvalue weighted by molar-refractivity contribution is 5.72. The second-order valence-electron chi connectivity index (χ2n) is 8.69. The number of rotatable bonds is 8. The number of hydrogen-bond donors (Lipinski definition) is 1. The molecule has 37 heavy (non-hydrogen) atoms. The van der Waals surface area contributed by atoms with Gasteiger partial charge in [0.15, 0.2) is 5.75 Å². The molecule has 1 amide bonds. The van der Waals surface area contributed by atoms with E-state index in [9.17, 15) is 4.79 Å². The van der Waals surface area contributed by atoms with E-state index in [-0.39, 0.29) is 24.3 Å². The molecule has 0 saturated carbocycles. The highest BCUT2D eigenvalue weighted by atomic mass is 16.6. The molecule has 7 nitrogen and oxygen atoms in total. The lowest BCUT2D eigenvalue weighted by Gasteiger charge is -2.35. The maximum absolute atomic E-state index is 13.3. The van der Waals surface area contributed by atoms with Crippen molar-refractivity contribution in [1.29, 1.82) is 0 Å². The number of hydrogen-bond acceptors (Lipinski definition) is 6. The van der Waals surface area contributed by atoms with Crippen molar-refractivity contribution < 1.29 is 19.0 Å². The molecule has 1 atom stereocenters. The lowest BCUT2D eigenvalue weighted by Crippen LogP contribution is -2.49. The van der Waals surface area contributed by atoms with E-state index in [1.807, 2.05) is 91.0 Å². The fraction of sp³-hybridized carbons (Fsp3) is 0.200. The molecule has 0 spiro atoms. The monoisotopic (exact) mass is 495 g/mol. The van der Waals surface area contributed by atoms with Gasteiger partial charge in [0.05, 0.1) is 6.04 Å². The third kappa shape index (κ3) is 6.45. The van der Waals surface area contributed by atoms with Gasteiger partial charge in [0.1, 0.15) is 13.2 Å². The van der Waals surface area contributed by atoms with Gasteiger partial charge in [-0.25, -0.2) is 4.79 Å². The number of carbonyl (C=O) groups is 1. The van der Waals surface area contributed by atoms with Crippen molar-refractivity contribution in [2.24, 2.45) is 0 Å². The zero-order valence-corrected chi connectivity index (χ0v) is 20.5. The first-order valence-electron chi connectivity index (χ1n) is 12.3. The minimum Gasteiger partial charge on any atom is -0.473 e. The summed E-state index contributed by atoms with van der Waals surface area (Å²) in [5, 5.41) is 3.36. The number of nitrogens with zero attached hydrogens (tertiary/aromatic N) is 2. The van der Waals surface area contributed by atoms with E-state index in [0.29, 0.717) is 32.1 Å². The number of pyridine rings is 1. The zero-order valence-electron chi connectivity index (χ0n) is 20.5. The first-order chi connectivity index (χ1) is 18.3. The maximum atomic E-state index is 13.3. The predicted molar refractivity (Wildman–Crippen MR) is 141 cm³/mol. The van der Waals surface area contributed by atoms with Gasteiger partial charge in [-0.05, 0) is 22.8 Å². The summed E-state index contributed by atoms with van der Waals surface area (Å²) in [6, 6.07) is 32.8. The van der Waals surface area contributed by atoms with Crippen LogP contribution in [0.3, 0.4) is 0 Å². The molecule has 188 valence electrons. The van der Waals surface area contributed by atoms with Gasteiger partial charge in [-0.2, -0.15) is 4.98 Å². The first kappa shape index (κ1) is 24.3. The van der Waals surface area contributed by atoms with Gasteiger partial charge in [0.25, 0.3) is 5.88 Å². The van der Waals surface area contributed by atoms with Gasteiger partial charge in [-0.15, -0.1) is 0 Å². The van der Waals surface area contributed by atoms with Crippen molar-refractivity contribution in [3.63, 3.8) is 0 Å². The van der Waals surface area contributed by atoms with Crippen LogP contribution in [0.4, 0.5) is 4.79 Å². The fourth-order valence-electron chi connectivity index (χ4n) is 4.18. The summed E-state index contributed by atoms with van der Waals surface area (Å²) in [7, 11) is 0. The van der Waals surface area contributed by atoms with Crippen LogP contribution >= 0.6 is 0 Å². The second kappa shape index (κ2) is 12.1. The summed E-state index contributed by atoms with van der Waals surface area (Å²) in [5.41, 5.74) is 3.05. The van der Waals surface area contributed by atoms with Gasteiger partial charge < -0.3 is 19.5 Å². The van der Waals surface area contributed by atoms with Gasteiger partial charge in [-0.3, -0.25) is 4.90 Å². The molecular formula is C30H29N3O4. The van der Waals surface area contributed by atoms with Crippen molar-refractivity contribution in [2.75, 3.05) is 19.6 Å². The average molecular weight is 496 g/mol. The molecule has 1 unspecified atom stereocenters. The lowest BCUT2D eigenvalue weighted by molar-refractivity contribution is 0.116. The van der Waals surface area contributed by atoms with E-state index in [1.54, 1.807) is 17.0 Å². The highest BCUT2D eigenvalue weighted by Crippen LogP contribution is 2.31. The number of nitrogens with one attached hydrogen (secondary N) is 1. The van der Waals surface area contributed by atoms with Crippen LogP contribution in [0, 0.1) is 0 Å². The van der Waals surface area contributed by atoms with E-state index in [1.165, 1.54) is 0 Å². The second-order valence-corrected chi connectivity index (χ2v) is 8.69. The molecule has 0 bridgehead atoms. The average Bonchev–Trinajstić information content (AvgIpc) is 2.97. The smallest absolute Gasteiger partial charge is 0.416 e. The molecule has 4 aromatic rings. The summed E-state index contributed by atoms with van der Waals surface area (Å²) >= 11 is 0. The van der Waals surface area contributed by atoms with Gasteiger partial charge >= 0.3 is 6.09 Å². The summed E-state index contributed by atoms with van der Waals surface area (Å²) in [6.07, 6.45) is -0.445. The topological polar surface area (TPSA) is 72.9 Å². The Bertz CT molecular complexity index is 1290. The van der Waals surface area contributed by atoms with Crippen LogP contribution in [0.15, 0.2) is 103 Å². The standard InChI is InChI=1S/C30H29N3O4/c34-30(33-19-18-31-20-26(33)25-14-8-3-9-15-25)37-27-16-17-28(35-21-23-10-4-1-5-11-23)32-29(27)36-22-24-12-6-2-7-13-24/h1-17,26,31H,18-22H2. The molecule has 2 heterocycles. The molecule has 1 N–H and O–H groups in total. The van der Waals surface area contributed by atoms with E-state index in [2.05, 4.69) is 10.3 Å². The van der Waals surface area contributed by atoms with E-state index < -0.39 is 6.09 Å². The third-order valence-corrected chi connectivity index (χ3v) is 6.11. The van der Waals surface area contributed by atoms with E-state index in [4.69, 9.17) is 14.2 Å². The van der Waals surface area contributed by atoms with Crippen molar-refractivity contribution in [3.05, 3.63) is 120 Å². The van der Waals surface area contributed by atoms with Gasteiger partial charge in [-0.1, -0.05) is 91.0 Å². The largest absolute Gasteiger partial charge is 0.473 e. The van der Waals surface area contributed by atoms with Crippen LogP contribution in [0.1, 0.15) is 22.7 Å². The highest BCUT2D eigenvalue weighted by Gasteiger charge is 2.30. The Kier molecular flexibility index (Phi) is 7.93. The van der Waals surface area contributed by atoms with Crippen LogP contribution in [0.2, 0.25) is 0 Å². The van der Waals surface area contributed by atoms with E-state index >= 15 is 0 Å². The minimum atomic E-state index is -0.445. The van der Waals surface area contributed by atoms with Crippen LogP contribution in [0.25, 0.3) is 0 Å². The summed E-state index contributed by atoms with van der Waals surface area (Å²) in [5.74, 6) is 0.837. The Balaban J connectivity index is 1.34. The Morgan fingerprint density at radius 2 is 1.43 bits per heavy atom. The Hall–Kier alpha value is -4.36. The lowest BCUT2D eigenvalue weighted by atomic mass is 10.0. The third-order valence-electron chi connectivity index (χ3n) is 6.11. The number of piperazine rings is 1. The Morgan fingerprint density at radius 3 is 2.11 bits per heavy atom. The molecule has 1 aliphatic heterocycles. The SMILES string of the molecule is O=C(Oc1ccc(OCc2ccccc2)nc1OCc1ccccc1)N1CCNCC1c1ccccc1. The number of aromatic nitrogens is 1. The van der Waals surface area contributed by atoms with Crippen molar-refractivity contribution >= 4 is 6.09 Å². The fourth-order valence-corrected chi connectivity index (χ4v) is 4.18. The molecule has 3 aromatic carbocycles. The summed E-state index contributed by atoms with van der Waals surface area (Å²) < 4.78 is 17.8. The first-order valence-corrected chi connectivity index (χ1v) is 12.3. The summed E-state index contributed by atoms with van der Waals surface area (Å²) in [4.78, 5) is 19.6. The number of amides is 1. The quantitative estimate of drug-likeness (QED) is 0.354. The maximum Gasteiger partial charge on any atom is 0.416 e. The zero-order chi connectivity index (χ0) is 25.3. The molecule has 1 aromatic heterocycles. The molecule has 7 heteroatoms. The number of carbonyl (C=O) groups excluding carboxylic acids is 1. The molecule has 0 radical (unpaired) electrons. The van der Waals surface area contributed by atoms with E-state index in [0.717, 1.165) is 16.7 Å². The molecule has 1 saturated heterocycles. The number of benzene rings is 3. The van der Waals surface area contributed by atoms with Crippen LogP contribution in [0.5, 0.6) is 17.5 Å². The predicted octanol–water partition coefficient (Wildman–Crippen LogP) is 5.38. The molecule has 1 aliphatic rings. The normalized spacial score (nSPS) is 15.1. The van der Waals surface area contributed by atoms with Crippen molar-refractivity contribution in [1.82, 2.24) is 15.2 Å². The molecule has 5 rings (SSSR count). The Morgan fingerprint density at radius 1 is 0.811 bits per heavy atom. The van der Waals surface area contributed by atoms with Crippen molar-refractivity contribution in [2.45, 2.75) is 19.3 Å².